The zero-order valence-corrected chi connectivity index (χ0v) is 23.2. The molecule has 0 spiro atoms. The minimum Gasteiger partial charge on any atom is -0.368 e. The SMILES string of the molecule is Cc1ccc(C(=O)N2CCN(c3ccc(NC(=O)CSc4nnnn4-c4ccc(Br)cc4)cc3)CC2)cc1. The number of piperazine rings is 1. The fourth-order valence-electron chi connectivity index (χ4n) is 4.14. The number of carbonyl (C=O) groups excluding carboxylic acids is 2. The quantitative estimate of drug-likeness (QED) is 0.318. The average Bonchev–Trinajstić information content (AvgIpc) is 3.42. The summed E-state index contributed by atoms with van der Waals surface area (Å²) >= 11 is 4.69. The summed E-state index contributed by atoms with van der Waals surface area (Å²) in [5, 5.41) is 15.3. The van der Waals surface area contributed by atoms with Gasteiger partial charge in [0, 0.05) is 47.6 Å². The van der Waals surface area contributed by atoms with E-state index in [0.717, 1.165) is 45.8 Å². The third-order valence-electron chi connectivity index (χ3n) is 6.23. The van der Waals surface area contributed by atoms with Crippen LogP contribution in [0, 0.1) is 6.92 Å². The number of anilines is 2. The summed E-state index contributed by atoms with van der Waals surface area (Å²) in [6.07, 6.45) is 0. The van der Waals surface area contributed by atoms with Crippen LogP contribution in [0.4, 0.5) is 11.4 Å². The Morgan fingerprint density at radius 1 is 0.895 bits per heavy atom. The molecule has 194 valence electrons. The van der Waals surface area contributed by atoms with Crippen LogP contribution >= 0.6 is 27.7 Å². The van der Waals surface area contributed by atoms with Gasteiger partial charge in [-0.3, -0.25) is 9.59 Å². The Morgan fingerprint density at radius 2 is 1.55 bits per heavy atom. The van der Waals surface area contributed by atoms with Gasteiger partial charge in [0.2, 0.25) is 11.1 Å². The summed E-state index contributed by atoms with van der Waals surface area (Å²) in [5.41, 5.74) is 4.47. The predicted molar refractivity (Wildman–Crippen MR) is 152 cm³/mol. The Bertz CT molecular complexity index is 1400. The number of hydrogen-bond donors (Lipinski definition) is 1. The van der Waals surface area contributed by atoms with E-state index in [9.17, 15) is 9.59 Å². The van der Waals surface area contributed by atoms with Crippen molar-refractivity contribution < 1.29 is 9.59 Å². The van der Waals surface area contributed by atoms with Crippen molar-refractivity contribution in [3.05, 3.63) is 88.4 Å². The number of tetrazole rings is 1. The Morgan fingerprint density at radius 3 is 2.24 bits per heavy atom. The number of aromatic nitrogens is 4. The molecule has 4 aromatic rings. The summed E-state index contributed by atoms with van der Waals surface area (Å²) in [6, 6.07) is 23.1. The zero-order valence-electron chi connectivity index (χ0n) is 20.7. The van der Waals surface area contributed by atoms with E-state index in [-0.39, 0.29) is 17.6 Å². The zero-order chi connectivity index (χ0) is 26.5. The molecule has 2 heterocycles. The molecule has 3 aromatic carbocycles. The maximum atomic E-state index is 12.8. The van der Waals surface area contributed by atoms with Gasteiger partial charge >= 0.3 is 0 Å². The van der Waals surface area contributed by atoms with Crippen molar-refractivity contribution in [3.8, 4) is 5.69 Å². The molecule has 1 aliphatic heterocycles. The van der Waals surface area contributed by atoms with Gasteiger partial charge in [0.25, 0.3) is 5.91 Å². The Kier molecular flexibility index (Phi) is 8.04. The molecule has 0 bridgehead atoms. The molecule has 1 N–H and O–H groups in total. The van der Waals surface area contributed by atoms with Crippen LogP contribution in [0.3, 0.4) is 0 Å². The van der Waals surface area contributed by atoms with Gasteiger partial charge in [0.15, 0.2) is 0 Å². The van der Waals surface area contributed by atoms with Crippen LogP contribution in [-0.2, 0) is 4.79 Å². The Balaban J connectivity index is 1.11. The van der Waals surface area contributed by atoms with Crippen LogP contribution in [0.2, 0.25) is 0 Å². The number of halogens is 1. The first-order valence-electron chi connectivity index (χ1n) is 12.1. The van der Waals surface area contributed by atoms with Crippen molar-refractivity contribution in [3.63, 3.8) is 0 Å². The van der Waals surface area contributed by atoms with E-state index in [0.29, 0.717) is 18.2 Å². The first-order valence-corrected chi connectivity index (χ1v) is 13.9. The highest BCUT2D eigenvalue weighted by Crippen LogP contribution is 2.22. The van der Waals surface area contributed by atoms with Gasteiger partial charge in [-0.15, -0.1) is 5.10 Å². The lowest BCUT2D eigenvalue weighted by Crippen LogP contribution is -2.48. The minimum absolute atomic E-state index is 0.0754. The standard InChI is InChI=1S/C27H26BrN7O2S/c1-19-2-4-20(5-3-19)26(37)34-16-14-33(15-17-34)23-12-8-22(9-13-23)29-25(36)18-38-27-30-31-32-35(27)24-10-6-21(28)7-11-24/h2-13H,14-18H2,1H3,(H,29,36). The number of rotatable bonds is 7. The molecule has 38 heavy (non-hydrogen) atoms. The lowest BCUT2D eigenvalue weighted by atomic mass is 10.1. The molecular weight excluding hydrogens is 566 g/mol. The second kappa shape index (κ2) is 11.8. The molecule has 1 aliphatic rings. The molecule has 9 nitrogen and oxygen atoms in total. The number of carbonyl (C=O) groups is 2. The molecule has 0 unspecified atom stereocenters. The lowest BCUT2D eigenvalue weighted by molar-refractivity contribution is -0.113. The highest BCUT2D eigenvalue weighted by molar-refractivity contribution is 9.10. The van der Waals surface area contributed by atoms with Gasteiger partial charge in [0.05, 0.1) is 11.4 Å². The molecule has 0 aliphatic carbocycles. The number of aryl methyl sites for hydroxylation is 1. The van der Waals surface area contributed by atoms with Gasteiger partial charge in [-0.25, -0.2) is 0 Å². The lowest BCUT2D eigenvalue weighted by Gasteiger charge is -2.36. The maximum Gasteiger partial charge on any atom is 0.253 e. The van der Waals surface area contributed by atoms with E-state index in [1.165, 1.54) is 11.8 Å². The van der Waals surface area contributed by atoms with Crippen LogP contribution in [0.5, 0.6) is 0 Å². The van der Waals surface area contributed by atoms with Gasteiger partial charge in [-0.05, 0) is 78.0 Å². The predicted octanol–water partition coefficient (Wildman–Crippen LogP) is 4.43. The smallest absolute Gasteiger partial charge is 0.253 e. The molecule has 0 radical (unpaired) electrons. The number of benzene rings is 3. The Hall–Kier alpha value is -3.70. The topological polar surface area (TPSA) is 96.2 Å². The summed E-state index contributed by atoms with van der Waals surface area (Å²) in [6.45, 7) is 4.87. The van der Waals surface area contributed by atoms with Crippen LogP contribution in [-0.4, -0.2) is 68.9 Å². The van der Waals surface area contributed by atoms with Crippen molar-refractivity contribution in [2.45, 2.75) is 12.1 Å². The number of hydrogen-bond acceptors (Lipinski definition) is 7. The fraction of sp³-hybridized carbons (Fsp3) is 0.222. The molecule has 0 saturated carbocycles. The van der Waals surface area contributed by atoms with Gasteiger partial charge < -0.3 is 15.1 Å². The molecule has 2 amide bonds. The first kappa shape index (κ1) is 25.9. The van der Waals surface area contributed by atoms with E-state index < -0.39 is 0 Å². The van der Waals surface area contributed by atoms with Gasteiger partial charge in [0.1, 0.15) is 0 Å². The third kappa shape index (κ3) is 6.22. The Labute approximate surface area is 233 Å². The second-order valence-corrected chi connectivity index (χ2v) is 10.7. The third-order valence-corrected chi connectivity index (χ3v) is 7.67. The van der Waals surface area contributed by atoms with Crippen molar-refractivity contribution in [2.24, 2.45) is 0 Å². The van der Waals surface area contributed by atoms with Crippen LogP contribution in [0.1, 0.15) is 15.9 Å². The second-order valence-electron chi connectivity index (χ2n) is 8.88. The highest BCUT2D eigenvalue weighted by atomic mass is 79.9. The van der Waals surface area contributed by atoms with Crippen molar-refractivity contribution in [1.82, 2.24) is 25.1 Å². The van der Waals surface area contributed by atoms with Crippen LogP contribution in [0.15, 0.2) is 82.4 Å². The molecule has 1 fully saturated rings. The van der Waals surface area contributed by atoms with Crippen LogP contribution < -0.4 is 10.2 Å². The van der Waals surface area contributed by atoms with Gasteiger partial charge in [-0.2, -0.15) is 4.68 Å². The summed E-state index contributed by atoms with van der Waals surface area (Å²) in [5.74, 6) is 0.109. The molecule has 5 rings (SSSR count). The monoisotopic (exact) mass is 591 g/mol. The normalized spacial score (nSPS) is 13.4. The van der Waals surface area contributed by atoms with Crippen molar-refractivity contribution in [2.75, 3.05) is 42.1 Å². The van der Waals surface area contributed by atoms with E-state index in [1.54, 1.807) is 4.68 Å². The summed E-state index contributed by atoms with van der Waals surface area (Å²) in [7, 11) is 0. The highest BCUT2D eigenvalue weighted by Gasteiger charge is 2.22. The van der Waals surface area contributed by atoms with Crippen molar-refractivity contribution >= 4 is 50.9 Å². The molecule has 1 aromatic heterocycles. The van der Waals surface area contributed by atoms with Gasteiger partial charge in [-0.1, -0.05) is 45.4 Å². The number of amides is 2. The molecular formula is C27H26BrN7O2S. The average molecular weight is 593 g/mol. The molecule has 11 heteroatoms. The van der Waals surface area contributed by atoms with E-state index >= 15 is 0 Å². The first-order chi connectivity index (χ1) is 18.5. The van der Waals surface area contributed by atoms with Crippen molar-refractivity contribution in [1.29, 1.82) is 0 Å². The molecule has 1 saturated heterocycles. The van der Waals surface area contributed by atoms with E-state index in [1.807, 2.05) is 84.6 Å². The largest absolute Gasteiger partial charge is 0.368 e. The summed E-state index contributed by atoms with van der Waals surface area (Å²) < 4.78 is 2.57. The number of nitrogens with zero attached hydrogens (tertiary/aromatic N) is 6. The van der Waals surface area contributed by atoms with Crippen LogP contribution in [0.25, 0.3) is 5.69 Å². The fourth-order valence-corrected chi connectivity index (χ4v) is 5.10. The van der Waals surface area contributed by atoms with E-state index in [2.05, 4.69) is 41.7 Å². The molecule has 0 atom stereocenters. The number of thioether (sulfide) groups is 1. The number of nitrogens with one attached hydrogen (secondary N) is 1. The maximum absolute atomic E-state index is 12.8. The summed E-state index contributed by atoms with van der Waals surface area (Å²) in [4.78, 5) is 29.5. The van der Waals surface area contributed by atoms with E-state index in [4.69, 9.17) is 0 Å². The minimum atomic E-state index is -0.142.